The summed E-state index contributed by atoms with van der Waals surface area (Å²) < 4.78 is 5.63. The van der Waals surface area contributed by atoms with Gasteiger partial charge in [-0.25, -0.2) is 10.4 Å². The number of amides is 1. The number of benzene rings is 1. The summed E-state index contributed by atoms with van der Waals surface area (Å²) in [5.74, 6) is 0.194. The van der Waals surface area contributed by atoms with Gasteiger partial charge in [0.05, 0.1) is 6.21 Å². The number of aromatic nitrogens is 4. The van der Waals surface area contributed by atoms with Gasteiger partial charge in [-0.1, -0.05) is 11.2 Å². The molecule has 0 atom stereocenters. The summed E-state index contributed by atoms with van der Waals surface area (Å²) in [7, 11) is 0. The molecule has 1 aromatic carbocycles. The van der Waals surface area contributed by atoms with Crippen molar-refractivity contribution in [3.8, 4) is 11.3 Å². The number of furan rings is 1. The van der Waals surface area contributed by atoms with Crippen LogP contribution in [0.3, 0.4) is 0 Å². The minimum Gasteiger partial charge on any atom is -0.858 e. The van der Waals surface area contributed by atoms with Crippen molar-refractivity contribution >= 4 is 24.0 Å². The smallest absolute Gasteiger partial charge is 0.283 e. The summed E-state index contributed by atoms with van der Waals surface area (Å²) in [4.78, 5) is 14.9. The van der Waals surface area contributed by atoms with Crippen LogP contribution >= 0.6 is 0 Å². The largest absolute Gasteiger partial charge is 0.858 e. The molecule has 0 saturated heterocycles. The molecule has 3 aromatic rings. The minimum atomic E-state index is -0.533. The molecule has 2 aromatic heterocycles. The van der Waals surface area contributed by atoms with Crippen LogP contribution in [-0.4, -0.2) is 38.6 Å². The SMILES string of the molecule is O=C1N=C([O-])c2cc(-c3ccc(/C=N/Nc4nn[nH]n4)o3)ccc21. The monoisotopic (exact) mass is 322 g/mol. The lowest BCUT2D eigenvalue weighted by molar-refractivity contribution is -0.212. The van der Waals surface area contributed by atoms with Gasteiger partial charge in [0.25, 0.3) is 11.9 Å². The minimum absolute atomic E-state index is 0.226. The van der Waals surface area contributed by atoms with Crippen LogP contribution in [0.25, 0.3) is 11.3 Å². The lowest BCUT2D eigenvalue weighted by Crippen LogP contribution is -2.16. The molecule has 2 N–H and O–H groups in total. The molecule has 1 aliphatic rings. The van der Waals surface area contributed by atoms with Crippen LogP contribution < -0.4 is 10.5 Å². The Morgan fingerprint density at radius 3 is 3.00 bits per heavy atom. The summed E-state index contributed by atoms with van der Waals surface area (Å²) in [6, 6.07) is 8.29. The van der Waals surface area contributed by atoms with E-state index in [1.54, 1.807) is 30.3 Å². The number of carbonyl (C=O) groups is 1. The Morgan fingerprint density at radius 1 is 1.25 bits per heavy atom. The van der Waals surface area contributed by atoms with Gasteiger partial charge in [-0.15, -0.1) is 5.10 Å². The maximum atomic E-state index is 11.7. The van der Waals surface area contributed by atoms with E-state index in [2.05, 4.69) is 36.1 Å². The lowest BCUT2D eigenvalue weighted by Gasteiger charge is -2.06. The highest BCUT2D eigenvalue weighted by Crippen LogP contribution is 2.26. The van der Waals surface area contributed by atoms with Crippen LogP contribution in [0.1, 0.15) is 21.7 Å². The lowest BCUT2D eigenvalue weighted by atomic mass is 10.0. The van der Waals surface area contributed by atoms with Crippen LogP contribution in [0.5, 0.6) is 0 Å². The van der Waals surface area contributed by atoms with E-state index >= 15 is 0 Å². The molecular formula is C14H8N7O3-. The highest BCUT2D eigenvalue weighted by atomic mass is 16.3. The second kappa shape index (κ2) is 5.43. The van der Waals surface area contributed by atoms with Crippen molar-refractivity contribution in [2.24, 2.45) is 10.1 Å². The Bertz CT molecular complexity index is 972. The molecule has 4 rings (SSSR count). The number of nitrogens with one attached hydrogen (secondary N) is 2. The fraction of sp³-hybridized carbons (Fsp3) is 0. The number of fused-ring (bicyclic) bond motifs is 1. The second-order valence-electron chi connectivity index (χ2n) is 4.79. The van der Waals surface area contributed by atoms with Crippen LogP contribution in [0.2, 0.25) is 0 Å². The van der Waals surface area contributed by atoms with Gasteiger partial charge in [0.1, 0.15) is 11.5 Å². The Hall–Kier alpha value is -3.82. The number of carbonyl (C=O) groups excluding carboxylic acids is 1. The van der Waals surface area contributed by atoms with Crippen molar-refractivity contribution in [1.29, 1.82) is 0 Å². The summed E-state index contributed by atoms with van der Waals surface area (Å²) >= 11 is 0. The van der Waals surface area contributed by atoms with E-state index in [0.717, 1.165) is 0 Å². The van der Waals surface area contributed by atoms with E-state index in [1.165, 1.54) is 6.21 Å². The van der Waals surface area contributed by atoms with Crippen LogP contribution in [-0.2, 0) is 0 Å². The van der Waals surface area contributed by atoms with Gasteiger partial charge >= 0.3 is 0 Å². The molecule has 118 valence electrons. The number of anilines is 1. The summed E-state index contributed by atoms with van der Waals surface area (Å²) in [6.07, 6.45) is 1.44. The van der Waals surface area contributed by atoms with Gasteiger partial charge in [0.15, 0.2) is 0 Å². The van der Waals surface area contributed by atoms with Gasteiger partial charge < -0.3 is 9.52 Å². The highest BCUT2D eigenvalue weighted by Gasteiger charge is 2.18. The molecule has 10 heteroatoms. The molecule has 0 fully saturated rings. The topological polar surface area (TPSA) is 144 Å². The fourth-order valence-electron chi connectivity index (χ4n) is 2.21. The molecule has 0 bridgehead atoms. The van der Waals surface area contributed by atoms with E-state index in [0.29, 0.717) is 22.6 Å². The summed E-state index contributed by atoms with van der Waals surface area (Å²) in [5.41, 5.74) is 3.82. The van der Waals surface area contributed by atoms with E-state index in [4.69, 9.17) is 4.42 Å². The van der Waals surface area contributed by atoms with Crippen molar-refractivity contribution in [2.45, 2.75) is 0 Å². The first kappa shape index (κ1) is 13.8. The number of tetrazole rings is 1. The Labute approximate surface area is 133 Å². The molecule has 24 heavy (non-hydrogen) atoms. The molecular weight excluding hydrogens is 314 g/mol. The summed E-state index contributed by atoms with van der Waals surface area (Å²) in [5, 5.41) is 28.6. The molecule has 0 spiro atoms. The number of rotatable bonds is 4. The van der Waals surface area contributed by atoms with E-state index in [9.17, 15) is 9.90 Å². The van der Waals surface area contributed by atoms with Crippen molar-refractivity contribution in [3.05, 3.63) is 47.2 Å². The average molecular weight is 322 g/mol. The Balaban J connectivity index is 1.55. The van der Waals surface area contributed by atoms with Gasteiger partial charge in [0.2, 0.25) is 0 Å². The number of nitrogens with zero attached hydrogens (tertiary/aromatic N) is 5. The number of aromatic amines is 1. The van der Waals surface area contributed by atoms with Crippen LogP contribution in [0.4, 0.5) is 5.95 Å². The summed E-state index contributed by atoms with van der Waals surface area (Å²) in [6.45, 7) is 0. The average Bonchev–Trinajstić information content (AvgIpc) is 3.30. The Kier molecular flexibility index (Phi) is 3.12. The number of aliphatic imine (C=N–C) groups is 1. The highest BCUT2D eigenvalue weighted by molar-refractivity contribution is 6.17. The molecule has 0 aliphatic carbocycles. The van der Waals surface area contributed by atoms with Crippen LogP contribution in [0, 0.1) is 0 Å². The molecule has 0 saturated carbocycles. The van der Waals surface area contributed by atoms with Gasteiger partial charge in [0, 0.05) is 11.1 Å². The normalized spacial score (nSPS) is 13.3. The maximum Gasteiger partial charge on any atom is 0.283 e. The molecule has 0 radical (unpaired) electrons. The first-order valence-electron chi connectivity index (χ1n) is 6.78. The Morgan fingerprint density at radius 2 is 2.17 bits per heavy atom. The maximum absolute atomic E-state index is 11.7. The zero-order chi connectivity index (χ0) is 16.5. The molecule has 0 unspecified atom stereocenters. The first-order chi connectivity index (χ1) is 11.7. The van der Waals surface area contributed by atoms with E-state index < -0.39 is 11.8 Å². The predicted molar refractivity (Wildman–Crippen MR) is 80.4 cm³/mol. The van der Waals surface area contributed by atoms with Gasteiger partial charge in [-0.3, -0.25) is 4.79 Å². The van der Waals surface area contributed by atoms with Gasteiger partial charge in [-0.05, 0) is 40.9 Å². The molecule has 10 nitrogen and oxygen atoms in total. The molecule has 1 amide bonds. The van der Waals surface area contributed by atoms with Crippen molar-refractivity contribution in [2.75, 3.05) is 5.43 Å². The third-order valence-corrected chi connectivity index (χ3v) is 3.30. The fourth-order valence-corrected chi connectivity index (χ4v) is 2.21. The zero-order valence-electron chi connectivity index (χ0n) is 11.9. The van der Waals surface area contributed by atoms with Crippen molar-refractivity contribution in [3.63, 3.8) is 0 Å². The quantitative estimate of drug-likeness (QED) is 0.514. The van der Waals surface area contributed by atoms with Crippen LogP contribution in [0.15, 0.2) is 44.8 Å². The van der Waals surface area contributed by atoms with Gasteiger partial charge in [-0.2, -0.15) is 10.3 Å². The van der Waals surface area contributed by atoms with Crippen molar-refractivity contribution in [1.82, 2.24) is 20.6 Å². The number of hydrazone groups is 1. The number of hydrogen-bond donors (Lipinski definition) is 2. The first-order valence-corrected chi connectivity index (χ1v) is 6.78. The molecule has 3 heterocycles. The third-order valence-electron chi connectivity index (χ3n) is 3.30. The standard InChI is InChI=1S/C14H9N7O3/c22-12-9-3-1-7(5-10(9)13(23)16-12)11-4-2-8(24-11)6-15-17-14-18-20-21-19-14/h1-6H,(H,16,22,23)(H2,17,18,19,20,21)/p-1/b15-6+. The number of H-pyrrole nitrogens is 1. The molecule has 1 aliphatic heterocycles. The second-order valence-corrected chi connectivity index (χ2v) is 4.79. The number of hydrogen-bond acceptors (Lipinski definition) is 8. The predicted octanol–water partition coefficient (Wildman–Crippen LogP) is 0.166. The third kappa shape index (κ3) is 2.41. The van der Waals surface area contributed by atoms with E-state index in [1.807, 2.05) is 0 Å². The van der Waals surface area contributed by atoms with E-state index in [-0.39, 0.29) is 11.5 Å². The zero-order valence-corrected chi connectivity index (χ0v) is 11.9. The van der Waals surface area contributed by atoms with Crippen molar-refractivity contribution < 1.29 is 14.3 Å².